The van der Waals surface area contributed by atoms with Crippen LogP contribution < -0.4 is 5.32 Å². The number of hydrogen-bond acceptors (Lipinski definition) is 24. The SMILES string of the molecule is C=CC(=O)NCCOCCOCCOCCOCCOCCOCCOCCOCCOCCOCCOCCOCCOCCOCCOCCOCCOCCOCCOCCOCCOCCOCCOC. The van der Waals surface area contributed by atoms with E-state index in [1.54, 1.807) is 7.11 Å². The summed E-state index contributed by atoms with van der Waals surface area (Å²) in [6.07, 6.45) is 1.22. The van der Waals surface area contributed by atoms with E-state index in [2.05, 4.69) is 11.9 Å². The third-order valence-electron chi connectivity index (χ3n) is 8.97. The van der Waals surface area contributed by atoms with E-state index in [9.17, 15) is 4.79 Å². The summed E-state index contributed by atoms with van der Waals surface area (Å²) in [6, 6.07) is 0. The highest BCUT2D eigenvalue weighted by Gasteiger charge is 2.00. The molecule has 0 aliphatic carbocycles. The molecule has 0 aromatic carbocycles. The van der Waals surface area contributed by atoms with Crippen LogP contribution >= 0.6 is 0 Å². The first-order chi connectivity index (χ1) is 37.3. The van der Waals surface area contributed by atoms with Gasteiger partial charge in [-0.2, -0.15) is 0 Å². The minimum absolute atomic E-state index is 0.215. The maximum absolute atomic E-state index is 11.0. The van der Waals surface area contributed by atoms with E-state index in [0.29, 0.717) is 304 Å². The predicted octanol–water partition coefficient (Wildman–Crippen LogP) is 0.300. The second kappa shape index (κ2) is 70.3. The van der Waals surface area contributed by atoms with Crippen molar-refractivity contribution >= 4 is 5.91 Å². The molecule has 0 rings (SSSR count). The molecule has 1 amide bonds. The molecule has 0 aliphatic rings. The van der Waals surface area contributed by atoms with E-state index in [-0.39, 0.29) is 5.91 Å². The van der Waals surface area contributed by atoms with Crippen LogP contribution in [0.15, 0.2) is 12.7 Å². The second-order valence-electron chi connectivity index (χ2n) is 15.0. The molecule has 25 nitrogen and oxygen atoms in total. The standard InChI is InChI=1S/C50H99NO24/c1-3-50(52)51-4-5-54-8-9-56-12-13-58-16-17-60-20-21-62-24-25-64-28-29-66-32-33-68-36-37-70-40-41-72-44-45-74-48-49-75-47-46-73-43-42-71-39-38-69-35-34-67-31-30-65-27-26-63-23-22-61-19-18-59-15-14-57-11-10-55-7-6-53-2/h3H,1,4-49H2,2H3,(H,51,52). The highest BCUT2D eigenvalue weighted by atomic mass is 16.6. The minimum Gasteiger partial charge on any atom is -0.382 e. The van der Waals surface area contributed by atoms with Gasteiger partial charge >= 0.3 is 0 Å². The van der Waals surface area contributed by atoms with Gasteiger partial charge in [0.05, 0.1) is 297 Å². The summed E-state index contributed by atoms with van der Waals surface area (Å²) >= 11 is 0. The fraction of sp³-hybridized carbons (Fsp3) is 0.940. The van der Waals surface area contributed by atoms with Gasteiger partial charge in [-0.15, -0.1) is 0 Å². The van der Waals surface area contributed by atoms with Gasteiger partial charge in [-0.1, -0.05) is 6.58 Å². The van der Waals surface area contributed by atoms with Crippen LogP contribution in [0.2, 0.25) is 0 Å². The van der Waals surface area contributed by atoms with E-state index in [0.717, 1.165) is 0 Å². The van der Waals surface area contributed by atoms with Crippen LogP contribution in [0, 0.1) is 0 Å². The van der Waals surface area contributed by atoms with Crippen LogP contribution in [0.5, 0.6) is 0 Å². The Morgan fingerprint density at radius 1 is 0.240 bits per heavy atom. The van der Waals surface area contributed by atoms with Gasteiger partial charge in [0, 0.05) is 13.7 Å². The van der Waals surface area contributed by atoms with Gasteiger partial charge in [0.1, 0.15) is 0 Å². The number of methoxy groups -OCH3 is 1. The van der Waals surface area contributed by atoms with Crippen LogP contribution in [-0.4, -0.2) is 317 Å². The third-order valence-corrected chi connectivity index (χ3v) is 8.97. The van der Waals surface area contributed by atoms with Gasteiger partial charge < -0.3 is 114 Å². The highest BCUT2D eigenvalue weighted by molar-refractivity contribution is 5.86. The van der Waals surface area contributed by atoms with Gasteiger partial charge in [-0.05, 0) is 6.08 Å². The van der Waals surface area contributed by atoms with Crippen LogP contribution in [0.3, 0.4) is 0 Å². The van der Waals surface area contributed by atoms with Crippen molar-refractivity contribution in [3.8, 4) is 0 Å². The first kappa shape index (κ1) is 73.3. The lowest BCUT2D eigenvalue weighted by Gasteiger charge is -2.09. The Kier molecular flexibility index (Phi) is 68.7. The van der Waals surface area contributed by atoms with Crippen molar-refractivity contribution in [3.63, 3.8) is 0 Å². The number of carbonyl (C=O) groups excluding carboxylic acids is 1. The maximum Gasteiger partial charge on any atom is 0.243 e. The normalized spacial score (nSPS) is 11.6. The molecule has 0 bridgehead atoms. The zero-order valence-electron chi connectivity index (χ0n) is 45.6. The number of nitrogens with one attached hydrogen (secondary N) is 1. The summed E-state index contributed by atoms with van der Waals surface area (Å²) in [5.41, 5.74) is 0. The maximum atomic E-state index is 11.0. The van der Waals surface area contributed by atoms with Crippen molar-refractivity contribution < 1.29 is 114 Å². The lowest BCUT2D eigenvalue weighted by atomic mass is 10.5. The van der Waals surface area contributed by atoms with Crippen molar-refractivity contribution in [2.45, 2.75) is 0 Å². The van der Waals surface area contributed by atoms with Crippen molar-refractivity contribution in [1.29, 1.82) is 0 Å². The zero-order valence-corrected chi connectivity index (χ0v) is 45.6. The number of amides is 1. The van der Waals surface area contributed by atoms with Crippen LogP contribution in [0.25, 0.3) is 0 Å². The topological polar surface area (TPSA) is 241 Å². The molecule has 75 heavy (non-hydrogen) atoms. The van der Waals surface area contributed by atoms with E-state index in [1.165, 1.54) is 6.08 Å². The predicted molar refractivity (Wildman–Crippen MR) is 273 cm³/mol. The Balaban J connectivity index is 3.08. The second-order valence-corrected chi connectivity index (χ2v) is 15.0. The number of ether oxygens (including phenoxy) is 23. The Morgan fingerprint density at radius 2 is 0.360 bits per heavy atom. The molecule has 0 aromatic rings. The van der Waals surface area contributed by atoms with Crippen LogP contribution in [0.1, 0.15) is 0 Å². The first-order valence-electron chi connectivity index (χ1n) is 26.4. The number of carbonyl (C=O) groups is 1. The van der Waals surface area contributed by atoms with E-state index in [1.807, 2.05) is 0 Å². The average Bonchev–Trinajstić information content (AvgIpc) is 3.42. The monoisotopic (exact) mass is 1100 g/mol. The van der Waals surface area contributed by atoms with E-state index in [4.69, 9.17) is 109 Å². The third kappa shape index (κ3) is 70.3. The summed E-state index contributed by atoms with van der Waals surface area (Å²) in [5, 5.41) is 2.63. The summed E-state index contributed by atoms with van der Waals surface area (Å²) in [6.45, 7) is 26.0. The largest absolute Gasteiger partial charge is 0.382 e. The Morgan fingerprint density at radius 3 is 0.480 bits per heavy atom. The molecule has 0 radical (unpaired) electrons. The molecule has 1 N–H and O–H groups in total. The first-order valence-corrected chi connectivity index (χ1v) is 26.4. The Hall–Kier alpha value is -1.71. The lowest BCUT2D eigenvalue weighted by Crippen LogP contribution is -2.25. The molecule has 0 heterocycles. The van der Waals surface area contributed by atoms with Crippen molar-refractivity contribution in [3.05, 3.63) is 12.7 Å². The molecule has 0 aromatic heterocycles. The van der Waals surface area contributed by atoms with Crippen molar-refractivity contribution in [2.24, 2.45) is 0 Å². The summed E-state index contributed by atoms with van der Waals surface area (Å²) < 4.78 is 125. The van der Waals surface area contributed by atoms with Crippen LogP contribution in [-0.2, 0) is 114 Å². The Labute approximate surface area is 447 Å². The van der Waals surface area contributed by atoms with Crippen molar-refractivity contribution in [2.75, 3.05) is 311 Å². The number of rotatable bonds is 70. The van der Waals surface area contributed by atoms with Crippen molar-refractivity contribution in [1.82, 2.24) is 5.32 Å². The van der Waals surface area contributed by atoms with E-state index < -0.39 is 0 Å². The van der Waals surface area contributed by atoms with E-state index >= 15 is 0 Å². The molecule has 0 fully saturated rings. The fourth-order valence-electron chi connectivity index (χ4n) is 5.18. The molecule has 0 atom stereocenters. The molecule has 0 saturated heterocycles. The molecule has 448 valence electrons. The fourth-order valence-corrected chi connectivity index (χ4v) is 5.18. The van der Waals surface area contributed by atoms with Gasteiger partial charge in [-0.25, -0.2) is 0 Å². The quantitative estimate of drug-likeness (QED) is 0.0636. The highest BCUT2D eigenvalue weighted by Crippen LogP contribution is 1.91. The molecule has 0 unspecified atom stereocenters. The molecular formula is C50H99NO24. The smallest absolute Gasteiger partial charge is 0.243 e. The molecule has 25 heteroatoms. The molecule has 0 saturated carbocycles. The molecular weight excluding hydrogens is 999 g/mol. The van der Waals surface area contributed by atoms with Gasteiger partial charge in [0.15, 0.2) is 0 Å². The Bertz CT molecular complexity index is 1060. The molecule has 0 spiro atoms. The minimum atomic E-state index is -0.215. The lowest BCUT2D eigenvalue weighted by molar-refractivity contribution is -0.116. The summed E-state index contributed by atoms with van der Waals surface area (Å²) in [5.74, 6) is -0.215. The van der Waals surface area contributed by atoms with Gasteiger partial charge in [-0.3, -0.25) is 4.79 Å². The van der Waals surface area contributed by atoms with Crippen LogP contribution in [0.4, 0.5) is 0 Å². The van der Waals surface area contributed by atoms with Gasteiger partial charge in [0.2, 0.25) is 5.91 Å². The van der Waals surface area contributed by atoms with Gasteiger partial charge in [0.25, 0.3) is 0 Å². The number of hydrogen-bond donors (Lipinski definition) is 1. The summed E-state index contributed by atoms with van der Waals surface area (Å²) in [4.78, 5) is 11.0. The average molecular weight is 1100 g/mol. The zero-order chi connectivity index (χ0) is 53.8. The summed E-state index contributed by atoms with van der Waals surface area (Å²) in [7, 11) is 1.64. The molecule has 0 aliphatic heterocycles.